The maximum atomic E-state index is 5.61. The van der Waals surface area contributed by atoms with Gasteiger partial charge < -0.3 is 15.0 Å². The molecule has 108 valence electrons. The molecule has 0 spiro atoms. The van der Waals surface area contributed by atoms with E-state index in [4.69, 9.17) is 4.74 Å². The first-order valence-electron chi connectivity index (χ1n) is 7.78. The molecular formula is C15H32N2O. The molecule has 0 bridgehead atoms. The van der Waals surface area contributed by atoms with E-state index in [1.807, 2.05) is 0 Å². The minimum Gasteiger partial charge on any atom is -0.381 e. The Morgan fingerprint density at radius 3 is 2.78 bits per heavy atom. The van der Waals surface area contributed by atoms with E-state index in [1.54, 1.807) is 0 Å². The number of hydrogen-bond donors (Lipinski definition) is 1. The number of ether oxygens (including phenoxy) is 1. The summed E-state index contributed by atoms with van der Waals surface area (Å²) in [4.78, 5) is 2.59. The third kappa shape index (κ3) is 7.34. The molecule has 18 heavy (non-hydrogen) atoms. The van der Waals surface area contributed by atoms with E-state index in [9.17, 15) is 0 Å². The van der Waals surface area contributed by atoms with Crippen LogP contribution < -0.4 is 5.32 Å². The highest BCUT2D eigenvalue weighted by atomic mass is 16.5. The van der Waals surface area contributed by atoms with Crippen molar-refractivity contribution in [2.24, 2.45) is 0 Å². The van der Waals surface area contributed by atoms with Crippen LogP contribution in [-0.2, 0) is 4.74 Å². The molecule has 0 aromatic heterocycles. The second kappa shape index (κ2) is 9.76. The zero-order valence-corrected chi connectivity index (χ0v) is 12.6. The Bertz CT molecular complexity index is 197. The van der Waals surface area contributed by atoms with Gasteiger partial charge in [0, 0.05) is 38.4 Å². The minimum absolute atomic E-state index is 0.604. The van der Waals surface area contributed by atoms with Gasteiger partial charge in [0.2, 0.25) is 0 Å². The molecule has 1 fully saturated rings. The van der Waals surface area contributed by atoms with E-state index in [1.165, 1.54) is 51.7 Å². The Kier molecular flexibility index (Phi) is 8.64. The average Bonchev–Trinajstić information content (AvgIpc) is 2.33. The van der Waals surface area contributed by atoms with Crippen LogP contribution in [-0.4, -0.2) is 49.8 Å². The maximum Gasteiger partial charge on any atom is 0.0478 e. The Morgan fingerprint density at radius 2 is 2.06 bits per heavy atom. The lowest BCUT2D eigenvalue weighted by Gasteiger charge is -2.34. The van der Waals surface area contributed by atoms with E-state index >= 15 is 0 Å². The van der Waals surface area contributed by atoms with E-state index in [0.29, 0.717) is 12.1 Å². The summed E-state index contributed by atoms with van der Waals surface area (Å²) in [7, 11) is 0. The van der Waals surface area contributed by atoms with Crippen LogP contribution in [0.15, 0.2) is 0 Å². The van der Waals surface area contributed by atoms with Crippen LogP contribution in [0.2, 0.25) is 0 Å². The summed E-state index contributed by atoms with van der Waals surface area (Å²) in [6.45, 7) is 12.2. The monoisotopic (exact) mass is 256 g/mol. The summed E-state index contributed by atoms with van der Waals surface area (Å²) in [6.07, 6.45) is 6.28. The second-order valence-corrected chi connectivity index (χ2v) is 5.78. The SMILES string of the molecule is CCCCOCCCN1CCCC(NC(C)C)C1. The Morgan fingerprint density at radius 1 is 1.28 bits per heavy atom. The number of nitrogens with one attached hydrogen (secondary N) is 1. The zero-order chi connectivity index (χ0) is 13.2. The molecule has 0 amide bonds. The lowest BCUT2D eigenvalue weighted by molar-refractivity contribution is 0.110. The fourth-order valence-electron chi connectivity index (χ4n) is 2.60. The third-order valence-electron chi connectivity index (χ3n) is 3.48. The van der Waals surface area contributed by atoms with Crippen LogP contribution in [0.4, 0.5) is 0 Å². The van der Waals surface area contributed by atoms with Crippen molar-refractivity contribution in [2.45, 2.75) is 65.0 Å². The van der Waals surface area contributed by atoms with Gasteiger partial charge in [-0.2, -0.15) is 0 Å². The molecule has 1 heterocycles. The predicted octanol–water partition coefficient (Wildman–Crippen LogP) is 2.66. The van der Waals surface area contributed by atoms with Gasteiger partial charge in [-0.25, -0.2) is 0 Å². The maximum absolute atomic E-state index is 5.61. The number of likely N-dealkylation sites (tertiary alicyclic amines) is 1. The van der Waals surface area contributed by atoms with Crippen molar-refractivity contribution in [3.8, 4) is 0 Å². The summed E-state index contributed by atoms with van der Waals surface area (Å²) >= 11 is 0. The fourth-order valence-corrected chi connectivity index (χ4v) is 2.60. The highest BCUT2D eigenvalue weighted by Gasteiger charge is 2.19. The van der Waals surface area contributed by atoms with Gasteiger partial charge in [-0.15, -0.1) is 0 Å². The summed E-state index contributed by atoms with van der Waals surface area (Å²) in [6, 6.07) is 1.30. The van der Waals surface area contributed by atoms with Gasteiger partial charge in [0.15, 0.2) is 0 Å². The summed E-state index contributed by atoms with van der Waals surface area (Å²) in [5.41, 5.74) is 0. The molecule has 0 aromatic rings. The first-order valence-corrected chi connectivity index (χ1v) is 7.78. The molecule has 1 saturated heterocycles. The number of nitrogens with zero attached hydrogens (tertiary/aromatic N) is 1. The number of unbranched alkanes of at least 4 members (excludes halogenated alkanes) is 1. The molecule has 0 aliphatic carbocycles. The van der Waals surface area contributed by atoms with Crippen molar-refractivity contribution in [3.63, 3.8) is 0 Å². The first-order chi connectivity index (χ1) is 8.72. The summed E-state index contributed by atoms with van der Waals surface area (Å²) in [5, 5.41) is 3.66. The molecule has 1 atom stereocenters. The van der Waals surface area contributed by atoms with Crippen LogP contribution >= 0.6 is 0 Å². The van der Waals surface area contributed by atoms with Gasteiger partial charge in [0.1, 0.15) is 0 Å². The zero-order valence-electron chi connectivity index (χ0n) is 12.6. The van der Waals surface area contributed by atoms with E-state index in [0.717, 1.165) is 13.2 Å². The smallest absolute Gasteiger partial charge is 0.0478 e. The molecule has 0 aromatic carbocycles. The van der Waals surface area contributed by atoms with Crippen LogP contribution in [0.3, 0.4) is 0 Å². The normalized spacial score (nSPS) is 21.7. The topological polar surface area (TPSA) is 24.5 Å². The molecule has 0 radical (unpaired) electrons. The van der Waals surface area contributed by atoms with Crippen LogP contribution in [0, 0.1) is 0 Å². The van der Waals surface area contributed by atoms with Crippen molar-refractivity contribution in [2.75, 3.05) is 32.8 Å². The Hall–Kier alpha value is -0.120. The standard InChI is InChI=1S/C15H32N2O/c1-4-5-11-18-12-7-10-17-9-6-8-15(13-17)16-14(2)3/h14-16H,4-13H2,1-3H3. The van der Waals surface area contributed by atoms with Crippen LogP contribution in [0.25, 0.3) is 0 Å². The fraction of sp³-hybridized carbons (Fsp3) is 1.00. The number of piperidine rings is 1. The molecule has 3 nitrogen and oxygen atoms in total. The molecule has 1 aliphatic heterocycles. The van der Waals surface area contributed by atoms with Crippen molar-refractivity contribution < 1.29 is 4.74 Å². The quantitative estimate of drug-likeness (QED) is 0.642. The minimum atomic E-state index is 0.604. The van der Waals surface area contributed by atoms with Crippen molar-refractivity contribution >= 4 is 0 Å². The van der Waals surface area contributed by atoms with Gasteiger partial charge >= 0.3 is 0 Å². The Balaban J connectivity index is 2.03. The van der Waals surface area contributed by atoms with Crippen LogP contribution in [0.5, 0.6) is 0 Å². The molecule has 1 unspecified atom stereocenters. The highest BCUT2D eigenvalue weighted by Crippen LogP contribution is 2.11. The van der Waals surface area contributed by atoms with Gasteiger partial charge in [-0.1, -0.05) is 27.2 Å². The first kappa shape index (κ1) is 15.9. The predicted molar refractivity (Wildman–Crippen MR) is 78.1 cm³/mol. The number of rotatable bonds is 9. The van der Waals surface area contributed by atoms with E-state index in [-0.39, 0.29) is 0 Å². The lowest BCUT2D eigenvalue weighted by atomic mass is 10.0. The van der Waals surface area contributed by atoms with Gasteiger partial charge in [-0.05, 0) is 32.2 Å². The van der Waals surface area contributed by atoms with Crippen molar-refractivity contribution in [1.29, 1.82) is 0 Å². The Labute approximate surface area is 113 Å². The molecule has 3 heteroatoms. The molecule has 1 rings (SSSR count). The van der Waals surface area contributed by atoms with Crippen molar-refractivity contribution in [3.05, 3.63) is 0 Å². The third-order valence-corrected chi connectivity index (χ3v) is 3.48. The number of hydrogen-bond acceptors (Lipinski definition) is 3. The lowest BCUT2D eigenvalue weighted by Crippen LogP contribution is -2.48. The largest absolute Gasteiger partial charge is 0.381 e. The summed E-state index contributed by atoms with van der Waals surface area (Å²) < 4.78 is 5.61. The highest BCUT2D eigenvalue weighted by molar-refractivity contribution is 4.79. The van der Waals surface area contributed by atoms with Crippen LogP contribution in [0.1, 0.15) is 52.9 Å². The second-order valence-electron chi connectivity index (χ2n) is 5.78. The molecule has 1 N–H and O–H groups in total. The van der Waals surface area contributed by atoms with E-state index in [2.05, 4.69) is 31.0 Å². The van der Waals surface area contributed by atoms with Gasteiger partial charge in [0.05, 0.1) is 0 Å². The average molecular weight is 256 g/mol. The molecular weight excluding hydrogens is 224 g/mol. The van der Waals surface area contributed by atoms with Gasteiger partial charge in [0.25, 0.3) is 0 Å². The van der Waals surface area contributed by atoms with Gasteiger partial charge in [-0.3, -0.25) is 0 Å². The van der Waals surface area contributed by atoms with E-state index < -0.39 is 0 Å². The van der Waals surface area contributed by atoms with Crippen molar-refractivity contribution in [1.82, 2.24) is 10.2 Å². The molecule has 0 saturated carbocycles. The summed E-state index contributed by atoms with van der Waals surface area (Å²) in [5.74, 6) is 0. The molecule has 1 aliphatic rings.